The average molecular weight is 289 g/mol. The molecule has 0 amide bonds. The number of nitrogens with two attached hydrogens (primary N) is 1. The quantitative estimate of drug-likeness (QED) is 0.779. The van der Waals surface area contributed by atoms with E-state index in [1.165, 1.54) is 23.5 Å². The van der Waals surface area contributed by atoms with Crippen LogP contribution in [0.5, 0.6) is 0 Å². The van der Waals surface area contributed by atoms with Gasteiger partial charge in [-0.3, -0.25) is 0 Å². The minimum absolute atomic E-state index is 0.317. The van der Waals surface area contributed by atoms with Crippen LogP contribution in [0, 0.1) is 19.7 Å². The smallest absolute Gasteiger partial charge is 0.268 e. The molecule has 102 valence electrons. The van der Waals surface area contributed by atoms with Crippen molar-refractivity contribution in [2.45, 2.75) is 13.8 Å². The highest BCUT2D eigenvalue weighted by Gasteiger charge is 2.15. The minimum atomic E-state index is -0.317. The minimum Gasteiger partial charge on any atom is -0.391 e. The van der Waals surface area contributed by atoms with Crippen LogP contribution in [0.1, 0.15) is 11.1 Å². The number of anilines is 1. The fourth-order valence-electron chi connectivity index (χ4n) is 2.02. The summed E-state index contributed by atoms with van der Waals surface area (Å²) in [5.74, 6) is 0.456. The Morgan fingerprint density at radius 1 is 1.20 bits per heavy atom. The number of hydrogen-bond donors (Lipinski definition) is 1. The van der Waals surface area contributed by atoms with E-state index in [1.807, 2.05) is 26.0 Å². The molecule has 0 radical (unpaired) electrons. The van der Waals surface area contributed by atoms with E-state index >= 15 is 0 Å². The summed E-state index contributed by atoms with van der Waals surface area (Å²) in [6, 6.07) is 6.51. The molecule has 0 bridgehead atoms. The summed E-state index contributed by atoms with van der Waals surface area (Å²) in [4.78, 5) is 5.16. The molecule has 3 aromatic rings. The molecule has 0 saturated heterocycles. The van der Waals surface area contributed by atoms with E-state index in [9.17, 15) is 4.39 Å². The van der Waals surface area contributed by atoms with Crippen LogP contribution in [0.4, 0.5) is 9.39 Å². The lowest BCUT2D eigenvalue weighted by Gasteiger charge is -1.97. The number of hydrogen-bond acceptors (Lipinski definition) is 5. The van der Waals surface area contributed by atoms with Crippen molar-refractivity contribution in [3.05, 3.63) is 41.2 Å². The molecule has 3 rings (SSSR count). The summed E-state index contributed by atoms with van der Waals surface area (Å²) < 4.78 is 18.7. The van der Waals surface area contributed by atoms with Gasteiger partial charge >= 0.3 is 0 Å². The van der Waals surface area contributed by atoms with Crippen LogP contribution in [-0.4, -0.2) is 10.1 Å². The second-order valence-electron chi connectivity index (χ2n) is 4.60. The molecule has 2 N–H and O–H groups in total. The molecule has 2 aromatic heterocycles. The maximum atomic E-state index is 13.4. The van der Waals surface area contributed by atoms with Gasteiger partial charge in [0.2, 0.25) is 5.82 Å². The zero-order chi connectivity index (χ0) is 14.3. The number of thiophene rings is 1. The van der Waals surface area contributed by atoms with Gasteiger partial charge in [-0.25, -0.2) is 4.39 Å². The fourth-order valence-corrected chi connectivity index (χ4v) is 2.88. The molecule has 0 unspecified atom stereocenters. The summed E-state index contributed by atoms with van der Waals surface area (Å²) in [5, 5.41) is 4.60. The van der Waals surface area contributed by atoms with Gasteiger partial charge in [0.25, 0.3) is 5.89 Å². The molecule has 0 saturated carbocycles. The lowest BCUT2D eigenvalue weighted by molar-refractivity contribution is 0.433. The monoisotopic (exact) mass is 289 g/mol. The van der Waals surface area contributed by atoms with Gasteiger partial charge in [0, 0.05) is 5.56 Å². The zero-order valence-electron chi connectivity index (χ0n) is 11.0. The summed E-state index contributed by atoms with van der Waals surface area (Å²) >= 11 is 1.39. The third-order valence-corrected chi connectivity index (χ3v) is 3.91. The number of aryl methyl sites for hydroxylation is 2. The van der Waals surface area contributed by atoms with Gasteiger partial charge in [0.05, 0.1) is 9.88 Å². The SMILES string of the molecule is Cc1cc(F)cc(-c2noc(-c3sc(N)cc3C)n2)c1. The highest BCUT2D eigenvalue weighted by molar-refractivity contribution is 7.19. The molecule has 0 aliphatic heterocycles. The largest absolute Gasteiger partial charge is 0.391 e. The predicted molar refractivity (Wildman–Crippen MR) is 76.9 cm³/mol. The van der Waals surface area contributed by atoms with Gasteiger partial charge < -0.3 is 10.3 Å². The van der Waals surface area contributed by atoms with E-state index in [0.29, 0.717) is 22.3 Å². The molecule has 0 spiro atoms. The molecule has 4 nitrogen and oxygen atoms in total. The third-order valence-electron chi connectivity index (χ3n) is 2.86. The maximum Gasteiger partial charge on any atom is 0.268 e. The van der Waals surface area contributed by atoms with Crippen LogP contribution in [-0.2, 0) is 0 Å². The maximum absolute atomic E-state index is 13.4. The van der Waals surface area contributed by atoms with Gasteiger partial charge in [-0.1, -0.05) is 5.16 Å². The normalized spacial score (nSPS) is 10.9. The summed E-state index contributed by atoms with van der Waals surface area (Å²) in [6.07, 6.45) is 0. The molecule has 0 fully saturated rings. The second kappa shape index (κ2) is 4.72. The first kappa shape index (κ1) is 12.8. The Kier molecular flexibility index (Phi) is 3.02. The van der Waals surface area contributed by atoms with Crippen molar-refractivity contribution in [2.24, 2.45) is 0 Å². The average Bonchev–Trinajstić information content (AvgIpc) is 2.94. The number of nitrogens with zero attached hydrogens (tertiary/aromatic N) is 2. The van der Waals surface area contributed by atoms with Gasteiger partial charge in [0.15, 0.2) is 0 Å². The first-order valence-electron chi connectivity index (χ1n) is 6.00. The molecular formula is C14H12FN3OS. The Bertz CT molecular complexity index is 758. The summed E-state index contributed by atoms with van der Waals surface area (Å²) in [5.41, 5.74) is 8.14. The highest BCUT2D eigenvalue weighted by Crippen LogP contribution is 2.33. The first-order valence-corrected chi connectivity index (χ1v) is 6.82. The van der Waals surface area contributed by atoms with Crippen molar-refractivity contribution in [3.63, 3.8) is 0 Å². The standard InChI is InChI=1S/C14H12FN3OS/c1-7-3-9(6-10(15)4-7)13-17-14(19-18-13)12-8(2)5-11(16)20-12/h3-6H,16H2,1-2H3. The lowest BCUT2D eigenvalue weighted by atomic mass is 10.1. The van der Waals surface area contributed by atoms with Crippen molar-refractivity contribution in [1.82, 2.24) is 10.1 Å². The topological polar surface area (TPSA) is 64.9 Å². The molecule has 20 heavy (non-hydrogen) atoms. The lowest BCUT2D eigenvalue weighted by Crippen LogP contribution is -1.85. The fraction of sp³-hybridized carbons (Fsp3) is 0.143. The van der Waals surface area contributed by atoms with Crippen LogP contribution < -0.4 is 5.73 Å². The molecule has 6 heteroatoms. The Morgan fingerprint density at radius 2 is 2.00 bits per heavy atom. The number of aromatic nitrogens is 2. The number of benzene rings is 1. The van der Waals surface area contributed by atoms with Crippen molar-refractivity contribution in [3.8, 4) is 22.2 Å². The molecule has 2 heterocycles. The molecule has 0 aliphatic carbocycles. The molecular weight excluding hydrogens is 277 g/mol. The van der Waals surface area contributed by atoms with Crippen LogP contribution in [0.15, 0.2) is 28.8 Å². The van der Waals surface area contributed by atoms with Gasteiger partial charge in [-0.2, -0.15) is 4.98 Å². The van der Waals surface area contributed by atoms with Crippen LogP contribution in [0.2, 0.25) is 0 Å². The number of nitrogen functional groups attached to an aromatic ring is 1. The van der Waals surface area contributed by atoms with E-state index in [4.69, 9.17) is 10.3 Å². The predicted octanol–water partition coefficient (Wildman–Crippen LogP) is 3.80. The van der Waals surface area contributed by atoms with Crippen LogP contribution >= 0.6 is 11.3 Å². The van der Waals surface area contributed by atoms with Crippen molar-refractivity contribution in [1.29, 1.82) is 0 Å². The zero-order valence-corrected chi connectivity index (χ0v) is 11.8. The van der Waals surface area contributed by atoms with E-state index in [1.54, 1.807) is 0 Å². The van der Waals surface area contributed by atoms with E-state index < -0.39 is 0 Å². The summed E-state index contributed by atoms with van der Waals surface area (Å²) in [6.45, 7) is 3.75. The van der Waals surface area contributed by atoms with E-state index in [-0.39, 0.29) is 5.82 Å². The van der Waals surface area contributed by atoms with E-state index in [0.717, 1.165) is 16.0 Å². The Balaban J connectivity index is 2.04. The molecule has 0 aliphatic rings. The Morgan fingerprint density at radius 3 is 2.65 bits per heavy atom. The summed E-state index contributed by atoms with van der Waals surface area (Å²) in [7, 11) is 0. The van der Waals surface area contributed by atoms with Crippen molar-refractivity contribution >= 4 is 16.3 Å². The first-order chi connectivity index (χ1) is 9.52. The van der Waals surface area contributed by atoms with Gasteiger partial charge in [-0.15, -0.1) is 11.3 Å². The van der Waals surface area contributed by atoms with Crippen molar-refractivity contribution in [2.75, 3.05) is 5.73 Å². The van der Waals surface area contributed by atoms with Crippen LogP contribution in [0.3, 0.4) is 0 Å². The number of halogens is 1. The van der Waals surface area contributed by atoms with Crippen LogP contribution in [0.25, 0.3) is 22.2 Å². The molecule has 1 aromatic carbocycles. The number of rotatable bonds is 2. The van der Waals surface area contributed by atoms with Gasteiger partial charge in [0.1, 0.15) is 5.82 Å². The van der Waals surface area contributed by atoms with E-state index in [2.05, 4.69) is 10.1 Å². The second-order valence-corrected chi connectivity index (χ2v) is 5.69. The third kappa shape index (κ3) is 2.30. The van der Waals surface area contributed by atoms with Gasteiger partial charge in [-0.05, 0) is 49.2 Å². The molecule has 0 atom stereocenters. The van der Waals surface area contributed by atoms with Crippen molar-refractivity contribution < 1.29 is 8.91 Å². The Hall–Kier alpha value is -2.21. The Labute approximate surface area is 119 Å². The highest BCUT2D eigenvalue weighted by atomic mass is 32.1.